The van der Waals surface area contributed by atoms with Gasteiger partial charge in [-0.3, -0.25) is 10.1 Å². The molecular formula is C13H10ClN3OS. The van der Waals surface area contributed by atoms with Gasteiger partial charge in [0.15, 0.2) is 0 Å². The van der Waals surface area contributed by atoms with Gasteiger partial charge in [-0.1, -0.05) is 29.8 Å². The highest BCUT2D eigenvalue weighted by Gasteiger charge is 2.29. The first-order valence-corrected chi connectivity index (χ1v) is 7.11. The lowest BCUT2D eigenvalue weighted by Crippen LogP contribution is -2.22. The van der Waals surface area contributed by atoms with Crippen molar-refractivity contribution in [2.75, 3.05) is 11.1 Å². The normalized spacial score (nSPS) is 17.0. The van der Waals surface area contributed by atoms with Crippen molar-refractivity contribution < 1.29 is 4.79 Å². The van der Waals surface area contributed by atoms with E-state index in [2.05, 4.69) is 15.3 Å². The molecule has 96 valence electrons. The number of hydrogen-bond donors (Lipinski definition) is 1. The van der Waals surface area contributed by atoms with E-state index in [-0.39, 0.29) is 17.8 Å². The molecular weight excluding hydrogens is 282 g/mol. The van der Waals surface area contributed by atoms with Crippen molar-refractivity contribution in [1.82, 2.24) is 9.97 Å². The predicted molar refractivity (Wildman–Crippen MR) is 75.6 cm³/mol. The maximum atomic E-state index is 12.2. The van der Waals surface area contributed by atoms with E-state index >= 15 is 0 Å². The summed E-state index contributed by atoms with van der Waals surface area (Å²) < 4.78 is 0. The molecule has 1 aromatic carbocycles. The Kier molecular flexibility index (Phi) is 3.40. The van der Waals surface area contributed by atoms with E-state index in [4.69, 9.17) is 11.6 Å². The third-order valence-electron chi connectivity index (χ3n) is 2.87. The van der Waals surface area contributed by atoms with Crippen LogP contribution in [0.2, 0.25) is 5.15 Å². The number of carbonyl (C=O) groups is 1. The van der Waals surface area contributed by atoms with Gasteiger partial charge in [-0.15, -0.1) is 11.8 Å². The van der Waals surface area contributed by atoms with Gasteiger partial charge in [-0.05, 0) is 17.7 Å². The summed E-state index contributed by atoms with van der Waals surface area (Å²) in [5, 5.41) is 3.02. The molecule has 19 heavy (non-hydrogen) atoms. The summed E-state index contributed by atoms with van der Waals surface area (Å²) >= 11 is 7.45. The topological polar surface area (TPSA) is 54.9 Å². The van der Waals surface area contributed by atoms with Gasteiger partial charge < -0.3 is 0 Å². The second-order valence-corrected chi connectivity index (χ2v) is 5.54. The number of hydrogen-bond acceptors (Lipinski definition) is 4. The second-order valence-electron chi connectivity index (χ2n) is 4.09. The van der Waals surface area contributed by atoms with Crippen molar-refractivity contribution >= 4 is 35.2 Å². The highest BCUT2D eigenvalue weighted by Crippen LogP contribution is 2.39. The lowest BCUT2D eigenvalue weighted by atomic mass is 10.0. The zero-order chi connectivity index (χ0) is 13.2. The number of benzene rings is 1. The summed E-state index contributed by atoms with van der Waals surface area (Å²) in [6.45, 7) is 0. The fourth-order valence-corrected chi connectivity index (χ4v) is 3.34. The average molecular weight is 292 g/mol. The van der Waals surface area contributed by atoms with Gasteiger partial charge in [0.2, 0.25) is 11.9 Å². The highest BCUT2D eigenvalue weighted by atomic mass is 35.5. The molecule has 0 spiro atoms. The summed E-state index contributed by atoms with van der Waals surface area (Å²) in [5.74, 6) is 0.724. The minimum atomic E-state index is -0.163. The fourth-order valence-electron chi connectivity index (χ4n) is 1.97. The van der Waals surface area contributed by atoms with Crippen molar-refractivity contribution in [2.45, 2.75) is 10.8 Å². The summed E-state index contributed by atoms with van der Waals surface area (Å²) in [7, 11) is 0. The largest absolute Gasteiger partial charge is 0.294 e. The number of amides is 1. The number of nitrogens with one attached hydrogen (secondary N) is 1. The van der Waals surface area contributed by atoms with Gasteiger partial charge >= 0.3 is 0 Å². The molecule has 4 nitrogen and oxygen atoms in total. The maximum absolute atomic E-state index is 12.2. The second kappa shape index (κ2) is 5.19. The number of rotatable bonds is 2. The Balaban J connectivity index is 1.79. The smallest absolute Gasteiger partial charge is 0.235 e. The molecule has 0 aliphatic carbocycles. The third-order valence-corrected chi connectivity index (χ3v) is 4.27. The minimum absolute atomic E-state index is 0.0975. The number of fused-ring (bicyclic) bond motifs is 1. The lowest BCUT2D eigenvalue weighted by Gasteiger charge is -2.10. The first kappa shape index (κ1) is 12.4. The Morgan fingerprint density at radius 1 is 1.37 bits per heavy atom. The van der Waals surface area contributed by atoms with Crippen LogP contribution in [0.25, 0.3) is 0 Å². The van der Waals surface area contributed by atoms with E-state index in [1.165, 1.54) is 6.20 Å². The molecule has 1 aliphatic rings. The number of carbonyl (C=O) groups excluding carboxylic acids is 1. The molecule has 1 N–H and O–H groups in total. The monoisotopic (exact) mass is 291 g/mol. The van der Waals surface area contributed by atoms with Crippen LogP contribution in [0.5, 0.6) is 0 Å². The zero-order valence-electron chi connectivity index (χ0n) is 9.84. The van der Waals surface area contributed by atoms with Crippen molar-refractivity contribution in [3.63, 3.8) is 0 Å². The molecule has 0 bridgehead atoms. The minimum Gasteiger partial charge on any atom is -0.294 e. The van der Waals surface area contributed by atoms with Crippen molar-refractivity contribution in [3.05, 3.63) is 47.2 Å². The van der Waals surface area contributed by atoms with Gasteiger partial charge in [-0.2, -0.15) is 0 Å². The van der Waals surface area contributed by atoms with Crippen LogP contribution in [-0.4, -0.2) is 21.6 Å². The summed E-state index contributed by atoms with van der Waals surface area (Å²) in [4.78, 5) is 21.3. The zero-order valence-corrected chi connectivity index (χ0v) is 11.4. The molecule has 1 amide bonds. The van der Waals surface area contributed by atoms with E-state index in [0.29, 0.717) is 5.15 Å². The molecule has 1 aliphatic heterocycles. The van der Waals surface area contributed by atoms with Crippen LogP contribution in [-0.2, 0) is 4.79 Å². The van der Waals surface area contributed by atoms with Gasteiger partial charge in [0, 0.05) is 16.8 Å². The molecule has 0 radical (unpaired) electrons. The van der Waals surface area contributed by atoms with Crippen LogP contribution in [0, 0.1) is 0 Å². The number of halogens is 1. The van der Waals surface area contributed by atoms with E-state index in [9.17, 15) is 4.79 Å². The van der Waals surface area contributed by atoms with Gasteiger partial charge in [-0.25, -0.2) is 9.97 Å². The van der Waals surface area contributed by atoms with Crippen LogP contribution in [0.3, 0.4) is 0 Å². The third kappa shape index (κ3) is 2.57. The Bertz CT molecular complexity index is 635. The van der Waals surface area contributed by atoms with Crippen LogP contribution in [0.15, 0.2) is 41.4 Å². The molecule has 3 rings (SSSR count). The van der Waals surface area contributed by atoms with E-state index < -0.39 is 0 Å². The standard InChI is InChI=1S/C13H10ClN3OS/c14-11-5-6-15-13(16-11)17-12(18)9-7-19-10-4-2-1-3-8(9)10/h1-6,9H,7H2,(H,15,16,17,18). The molecule has 0 saturated carbocycles. The number of aromatic nitrogens is 2. The van der Waals surface area contributed by atoms with E-state index in [1.54, 1.807) is 17.8 Å². The molecule has 0 saturated heterocycles. The van der Waals surface area contributed by atoms with Gasteiger partial charge in [0.25, 0.3) is 0 Å². The first-order chi connectivity index (χ1) is 9.24. The van der Waals surface area contributed by atoms with Crippen LogP contribution in [0.1, 0.15) is 11.5 Å². The van der Waals surface area contributed by atoms with Gasteiger partial charge in [0.05, 0.1) is 5.92 Å². The first-order valence-electron chi connectivity index (χ1n) is 5.75. The lowest BCUT2D eigenvalue weighted by molar-refractivity contribution is -0.117. The van der Waals surface area contributed by atoms with Crippen molar-refractivity contribution in [3.8, 4) is 0 Å². The average Bonchev–Trinajstić information content (AvgIpc) is 2.82. The van der Waals surface area contributed by atoms with Crippen LogP contribution < -0.4 is 5.32 Å². The molecule has 6 heteroatoms. The van der Waals surface area contributed by atoms with Crippen molar-refractivity contribution in [1.29, 1.82) is 0 Å². The Morgan fingerprint density at radius 2 is 2.21 bits per heavy atom. The number of thioether (sulfide) groups is 1. The Hall–Kier alpha value is -1.59. The predicted octanol–water partition coefficient (Wildman–Crippen LogP) is 2.96. The van der Waals surface area contributed by atoms with Crippen LogP contribution >= 0.6 is 23.4 Å². The van der Waals surface area contributed by atoms with Crippen LogP contribution in [0.4, 0.5) is 5.95 Å². The van der Waals surface area contributed by atoms with E-state index in [0.717, 1.165) is 16.2 Å². The molecule has 2 aromatic rings. The molecule has 2 heterocycles. The molecule has 1 unspecified atom stereocenters. The Morgan fingerprint density at radius 3 is 3.05 bits per heavy atom. The summed E-state index contributed by atoms with van der Waals surface area (Å²) in [5.41, 5.74) is 1.06. The van der Waals surface area contributed by atoms with Crippen molar-refractivity contribution in [2.24, 2.45) is 0 Å². The SMILES string of the molecule is O=C(Nc1nccc(Cl)n1)C1CSc2ccccc21. The number of nitrogens with zero attached hydrogens (tertiary/aromatic N) is 2. The Labute approximate surface area is 119 Å². The highest BCUT2D eigenvalue weighted by molar-refractivity contribution is 7.99. The summed E-state index contributed by atoms with van der Waals surface area (Å²) in [6.07, 6.45) is 1.52. The molecule has 0 fully saturated rings. The van der Waals surface area contributed by atoms with E-state index in [1.807, 2.05) is 24.3 Å². The molecule has 1 aromatic heterocycles. The number of anilines is 1. The molecule has 1 atom stereocenters. The maximum Gasteiger partial charge on any atom is 0.235 e. The quantitative estimate of drug-likeness (QED) is 0.864. The summed E-state index contributed by atoms with van der Waals surface area (Å²) in [6, 6.07) is 9.51. The fraction of sp³-hybridized carbons (Fsp3) is 0.154. The van der Waals surface area contributed by atoms with Gasteiger partial charge in [0.1, 0.15) is 5.15 Å².